The second-order valence-corrected chi connectivity index (χ2v) is 4.64. The van der Waals surface area contributed by atoms with Crippen molar-refractivity contribution in [3.63, 3.8) is 0 Å². The van der Waals surface area contributed by atoms with E-state index in [0.29, 0.717) is 6.42 Å². The Balaban J connectivity index is 4.48. The zero-order valence-electron chi connectivity index (χ0n) is 10.5. The lowest BCUT2D eigenvalue weighted by Crippen LogP contribution is -2.21. The van der Waals surface area contributed by atoms with Gasteiger partial charge in [0, 0.05) is 5.41 Å². The molecule has 0 saturated heterocycles. The number of carbonyl (C=O) groups excluding carboxylic acids is 2. The van der Waals surface area contributed by atoms with E-state index in [4.69, 9.17) is 0 Å². The minimum Gasteiger partial charge on any atom is -0.295 e. The predicted octanol–water partition coefficient (Wildman–Crippen LogP) is 3.25. The van der Waals surface area contributed by atoms with Gasteiger partial charge in [-0.1, -0.05) is 38.2 Å². The largest absolute Gasteiger partial charge is 0.295 e. The van der Waals surface area contributed by atoms with Gasteiger partial charge in [0.25, 0.3) is 0 Å². The van der Waals surface area contributed by atoms with Crippen molar-refractivity contribution >= 4 is 11.6 Å². The topological polar surface area (TPSA) is 34.1 Å². The molecule has 88 valence electrons. The van der Waals surface area contributed by atoms with Crippen molar-refractivity contribution in [1.82, 2.24) is 0 Å². The number of hydrogen-bond donors (Lipinski definition) is 0. The van der Waals surface area contributed by atoms with Crippen LogP contribution in [0.1, 0.15) is 34.1 Å². The molecular weight excluding hydrogens is 200 g/mol. The fourth-order valence-corrected chi connectivity index (χ4v) is 1.06. The molecule has 0 aromatic carbocycles. The lowest BCUT2D eigenvalue weighted by Gasteiger charge is -2.18. The smallest absolute Gasteiger partial charge is 0.161 e. The van der Waals surface area contributed by atoms with Crippen LogP contribution >= 0.6 is 0 Å². The molecule has 0 aliphatic heterocycles. The second kappa shape index (κ2) is 6.21. The highest BCUT2D eigenvalue weighted by Gasteiger charge is 2.23. The summed E-state index contributed by atoms with van der Waals surface area (Å²) in [6, 6.07) is 0. The van der Waals surface area contributed by atoms with E-state index in [1.165, 1.54) is 13.0 Å². The molecule has 0 aromatic rings. The summed E-state index contributed by atoms with van der Waals surface area (Å²) in [5.41, 5.74) is 0.376. The van der Waals surface area contributed by atoms with Crippen molar-refractivity contribution in [3.8, 4) is 0 Å². The predicted molar refractivity (Wildman–Crippen MR) is 67.2 cm³/mol. The lowest BCUT2D eigenvalue weighted by atomic mass is 9.84. The Morgan fingerprint density at radius 1 is 1.12 bits per heavy atom. The molecule has 0 aliphatic carbocycles. The van der Waals surface area contributed by atoms with Crippen molar-refractivity contribution in [2.45, 2.75) is 34.1 Å². The molecule has 2 heteroatoms. The normalized spacial score (nSPS) is 12.2. The molecule has 0 saturated carbocycles. The van der Waals surface area contributed by atoms with E-state index in [-0.39, 0.29) is 11.6 Å². The van der Waals surface area contributed by atoms with E-state index in [1.807, 2.05) is 20.8 Å². The second-order valence-electron chi connectivity index (χ2n) is 4.64. The maximum Gasteiger partial charge on any atom is 0.161 e. The highest BCUT2D eigenvalue weighted by molar-refractivity contribution is 5.94. The van der Waals surface area contributed by atoms with E-state index in [1.54, 1.807) is 18.2 Å². The highest BCUT2D eigenvalue weighted by atomic mass is 16.1. The van der Waals surface area contributed by atoms with Crippen LogP contribution in [0.4, 0.5) is 0 Å². The maximum absolute atomic E-state index is 11.8. The third-order valence-corrected chi connectivity index (χ3v) is 2.17. The zero-order valence-corrected chi connectivity index (χ0v) is 10.5. The number of ketones is 2. The van der Waals surface area contributed by atoms with Gasteiger partial charge in [-0.3, -0.25) is 9.59 Å². The average molecular weight is 220 g/mol. The van der Waals surface area contributed by atoms with Crippen LogP contribution in [0.15, 0.2) is 36.5 Å². The third kappa shape index (κ3) is 6.12. The summed E-state index contributed by atoms with van der Waals surface area (Å²) in [7, 11) is 0. The molecule has 0 amide bonds. The van der Waals surface area contributed by atoms with Crippen LogP contribution in [-0.2, 0) is 9.59 Å². The van der Waals surface area contributed by atoms with Gasteiger partial charge in [-0.05, 0) is 32.4 Å². The van der Waals surface area contributed by atoms with Gasteiger partial charge in [-0.25, -0.2) is 0 Å². The molecule has 0 bridgehead atoms. The van der Waals surface area contributed by atoms with Crippen LogP contribution in [0.3, 0.4) is 0 Å². The highest BCUT2D eigenvalue weighted by Crippen LogP contribution is 2.23. The van der Waals surface area contributed by atoms with Crippen molar-refractivity contribution in [2.24, 2.45) is 5.41 Å². The summed E-state index contributed by atoms with van der Waals surface area (Å²) < 4.78 is 0. The minimum atomic E-state index is -0.474. The monoisotopic (exact) mass is 220 g/mol. The Bertz CT molecular complexity index is 344. The Labute approximate surface area is 97.7 Å². The quantitative estimate of drug-likeness (QED) is 0.508. The number of rotatable bonds is 6. The third-order valence-electron chi connectivity index (χ3n) is 2.17. The molecule has 0 unspecified atom stereocenters. The van der Waals surface area contributed by atoms with Crippen LogP contribution in [0, 0.1) is 5.41 Å². The van der Waals surface area contributed by atoms with Crippen LogP contribution in [0.2, 0.25) is 0 Å². The summed E-state index contributed by atoms with van der Waals surface area (Å²) in [6.45, 7) is 10.8. The zero-order chi connectivity index (χ0) is 12.8. The first-order valence-corrected chi connectivity index (χ1v) is 5.31. The maximum atomic E-state index is 11.8. The standard InChI is InChI=1S/C14H20O2/c1-11(2)8-9-13(16)14(4,5)10-6-7-12(3)15/h6-9H,1,10H2,2-5H3/b7-6+,9-8+. The summed E-state index contributed by atoms with van der Waals surface area (Å²) >= 11 is 0. The molecule has 16 heavy (non-hydrogen) atoms. The van der Waals surface area contributed by atoms with E-state index < -0.39 is 5.41 Å². The van der Waals surface area contributed by atoms with Crippen LogP contribution in [0.25, 0.3) is 0 Å². The van der Waals surface area contributed by atoms with E-state index >= 15 is 0 Å². The van der Waals surface area contributed by atoms with Crippen LogP contribution < -0.4 is 0 Å². The lowest BCUT2D eigenvalue weighted by molar-refractivity contribution is -0.122. The molecule has 0 N–H and O–H groups in total. The summed E-state index contributed by atoms with van der Waals surface area (Å²) in [5, 5.41) is 0. The average Bonchev–Trinajstić information content (AvgIpc) is 2.12. The number of allylic oxidation sites excluding steroid dienone is 5. The molecule has 0 aliphatic rings. The summed E-state index contributed by atoms with van der Waals surface area (Å²) in [5.74, 6) is 0.0458. The van der Waals surface area contributed by atoms with E-state index in [9.17, 15) is 9.59 Å². The first-order chi connectivity index (χ1) is 7.25. The molecule has 0 radical (unpaired) electrons. The van der Waals surface area contributed by atoms with Gasteiger partial charge in [0.1, 0.15) is 0 Å². The van der Waals surface area contributed by atoms with Gasteiger partial charge < -0.3 is 0 Å². The Morgan fingerprint density at radius 2 is 1.69 bits per heavy atom. The van der Waals surface area contributed by atoms with Gasteiger partial charge >= 0.3 is 0 Å². The van der Waals surface area contributed by atoms with Gasteiger partial charge in [-0.15, -0.1) is 0 Å². The fraction of sp³-hybridized carbons (Fsp3) is 0.429. The molecule has 0 fully saturated rings. The molecule has 0 atom stereocenters. The first-order valence-electron chi connectivity index (χ1n) is 5.31. The van der Waals surface area contributed by atoms with Crippen LogP contribution in [0.5, 0.6) is 0 Å². The number of hydrogen-bond acceptors (Lipinski definition) is 2. The van der Waals surface area contributed by atoms with Gasteiger partial charge in [0.05, 0.1) is 0 Å². The molecule has 0 spiro atoms. The van der Waals surface area contributed by atoms with Gasteiger partial charge in [0.2, 0.25) is 0 Å². The Morgan fingerprint density at radius 3 is 2.12 bits per heavy atom. The fourth-order valence-electron chi connectivity index (χ4n) is 1.06. The van der Waals surface area contributed by atoms with Crippen molar-refractivity contribution in [3.05, 3.63) is 36.5 Å². The summed E-state index contributed by atoms with van der Waals surface area (Å²) in [6.07, 6.45) is 7.06. The van der Waals surface area contributed by atoms with Crippen LogP contribution in [-0.4, -0.2) is 11.6 Å². The van der Waals surface area contributed by atoms with Crippen molar-refractivity contribution < 1.29 is 9.59 Å². The molecular formula is C14H20O2. The Hall–Kier alpha value is -1.44. The van der Waals surface area contributed by atoms with Gasteiger partial charge in [0.15, 0.2) is 11.6 Å². The molecule has 2 nitrogen and oxygen atoms in total. The minimum absolute atomic E-state index is 0.000673. The summed E-state index contributed by atoms with van der Waals surface area (Å²) in [4.78, 5) is 22.5. The van der Waals surface area contributed by atoms with Crippen molar-refractivity contribution in [1.29, 1.82) is 0 Å². The molecule has 0 heterocycles. The Kier molecular flexibility index (Phi) is 5.65. The van der Waals surface area contributed by atoms with Crippen molar-refractivity contribution in [2.75, 3.05) is 0 Å². The SMILES string of the molecule is C=C(C)/C=C/C(=O)C(C)(C)C/C=C/C(C)=O. The van der Waals surface area contributed by atoms with E-state index in [2.05, 4.69) is 6.58 Å². The first kappa shape index (κ1) is 14.6. The number of carbonyl (C=O) groups is 2. The molecule has 0 rings (SSSR count). The molecule has 0 aromatic heterocycles. The van der Waals surface area contributed by atoms with E-state index in [0.717, 1.165) is 5.57 Å². The van der Waals surface area contributed by atoms with Gasteiger partial charge in [-0.2, -0.15) is 0 Å².